The van der Waals surface area contributed by atoms with Crippen LogP contribution < -0.4 is 5.32 Å². The molecule has 2 aromatic carbocycles. The summed E-state index contributed by atoms with van der Waals surface area (Å²) >= 11 is 0. The van der Waals surface area contributed by atoms with Crippen molar-refractivity contribution in [1.29, 1.82) is 0 Å². The molecule has 0 saturated heterocycles. The molecule has 1 heterocycles. The number of aromatic nitrogens is 1. The molecule has 1 fully saturated rings. The van der Waals surface area contributed by atoms with Gasteiger partial charge in [-0.15, -0.1) is 0 Å². The molecular formula is C23H20F2N2O. The maximum atomic E-state index is 14.0. The fourth-order valence-corrected chi connectivity index (χ4v) is 3.58. The monoisotopic (exact) mass is 378 g/mol. The Morgan fingerprint density at radius 3 is 2.71 bits per heavy atom. The van der Waals surface area contributed by atoms with Crippen molar-refractivity contribution in [3.63, 3.8) is 0 Å². The molecular weight excluding hydrogens is 358 g/mol. The minimum absolute atomic E-state index is 0.0655. The van der Waals surface area contributed by atoms with E-state index in [0.29, 0.717) is 23.1 Å². The number of carbonyl (C=O) groups is 1. The third-order valence-corrected chi connectivity index (χ3v) is 5.25. The summed E-state index contributed by atoms with van der Waals surface area (Å²) in [6, 6.07) is 17.1. The second-order valence-corrected chi connectivity index (χ2v) is 7.17. The first-order chi connectivity index (χ1) is 13.5. The van der Waals surface area contributed by atoms with Gasteiger partial charge < -0.3 is 5.32 Å². The van der Waals surface area contributed by atoms with Crippen LogP contribution in [0.15, 0.2) is 66.9 Å². The standard InChI is InChI=1S/C23H20F2N2O/c1-14(15-6-4-7-16(12-15)17-9-5-11-26-22(17)25)27-23(28)20-13-19(20)18-8-2-3-10-21(18)24/h2-12,14,19-20H,13H2,1H3,(H,27,28)/t14?,19?,20-/m0/s1. The number of hydrogen-bond acceptors (Lipinski definition) is 2. The van der Waals surface area contributed by atoms with E-state index in [-0.39, 0.29) is 29.6 Å². The van der Waals surface area contributed by atoms with Gasteiger partial charge in [0.2, 0.25) is 11.9 Å². The predicted molar refractivity (Wildman–Crippen MR) is 103 cm³/mol. The Labute approximate surface area is 162 Å². The molecule has 3 nitrogen and oxygen atoms in total. The molecule has 28 heavy (non-hydrogen) atoms. The van der Waals surface area contributed by atoms with Crippen LogP contribution in [0.5, 0.6) is 0 Å². The van der Waals surface area contributed by atoms with Gasteiger partial charge in [-0.05, 0) is 60.2 Å². The number of nitrogens with zero attached hydrogens (tertiary/aromatic N) is 1. The Kier molecular flexibility index (Phi) is 4.90. The minimum Gasteiger partial charge on any atom is -0.349 e. The highest BCUT2D eigenvalue weighted by atomic mass is 19.1. The summed E-state index contributed by atoms with van der Waals surface area (Å²) in [5.74, 6) is -1.15. The fraction of sp³-hybridized carbons (Fsp3) is 0.217. The van der Waals surface area contributed by atoms with Crippen LogP contribution in [-0.2, 0) is 4.79 Å². The quantitative estimate of drug-likeness (QED) is 0.634. The van der Waals surface area contributed by atoms with Crippen LogP contribution in [0.25, 0.3) is 11.1 Å². The van der Waals surface area contributed by atoms with Crippen molar-refractivity contribution in [3.8, 4) is 11.1 Å². The normalized spacial score (nSPS) is 19.1. The average molecular weight is 378 g/mol. The van der Waals surface area contributed by atoms with Gasteiger partial charge in [0.25, 0.3) is 0 Å². The highest BCUT2D eigenvalue weighted by Crippen LogP contribution is 2.48. The van der Waals surface area contributed by atoms with E-state index in [0.717, 1.165) is 5.56 Å². The van der Waals surface area contributed by atoms with Crippen LogP contribution in [0, 0.1) is 17.7 Å². The van der Waals surface area contributed by atoms with Crippen molar-refractivity contribution >= 4 is 5.91 Å². The van der Waals surface area contributed by atoms with Crippen LogP contribution in [0.3, 0.4) is 0 Å². The molecule has 1 aliphatic rings. The van der Waals surface area contributed by atoms with Crippen molar-refractivity contribution in [1.82, 2.24) is 10.3 Å². The van der Waals surface area contributed by atoms with E-state index in [1.165, 1.54) is 12.3 Å². The third-order valence-electron chi connectivity index (χ3n) is 5.25. The molecule has 1 aliphatic carbocycles. The Morgan fingerprint density at radius 1 is 1.11 bits per heavy atom. The molecule has 0 aliphatic heterocycles. The Bertz CT molecular complexity index is 1020. The predicted octanol–water partition coefficient (Wildman–Crippen LogP) is 5.01. The molecule has 4 rings (SSSR count). The van der Waals surface area contributed by atoms with Crippen molar-refractivity contribution in [2.24, 2.45) is 5.92 Å². The molecule has 1 N–H and O–H groups in total. The van der Waals surface area contributed by atoms with Gasteiger partial charge in [-0.1, -0.05) is 36.4 Å². The highest BCUT2D eigenvalue weighted by molar-refractivity contribution is 5.83. The largest absolute Gasteiger partial charge is 0.349 e. The molecule has 0 spiro atoms. The first-order valence-corrected chi connectivity index (χ1v) is 9.30. The first kappa shape index (κ1) is 18.3. The summed E-state index contributed by atoms with van der Waals surface area (Å²) in [7, 11) is 0. The zero-order valence-electron chi connectivity index (χ0n) is 15.4. The lowest BCUT2D eigenvalue weighted by atomic mass is 10.0. The smallest absolute Gasteiger partial charge is 0.224 e. The Morgan fingerprint density at radius 2 is 1.93 bits per heavy atom. The van der Waals surface area contributed by atoms with Gasteiger partial charge in [0.15, 0.2) is 0 Å². The van der Waals surface area contributed by atoms with Gasteiger partial charge in [0, 0.05) is 17.7 Å². The maximum Gasteiger partial charge on any atom is 0.224 e. The first-order valence-electron chi connectivity index (χ1n) is 9.30. The lowest BCUT2D eigenvalue weighted by Crippen LogP contribution is -2.28. The van der Waals surface area contributed by atoms with Gasteiger partial charge in [0.05, 0.1) is 6.04 Å². The molecule has 5 heteroatoms. The summed E-state index contributed by atoms with van der Waals surface area (Å²) in [4.78, 5) is 16.3. The van der Waals surface area contributed by atoms with Crippen LogP contribution >= 0.6 is 0 Å². The SMILES string of the molecule is CC(NC(=O)[C@H]1CC1c1ccccc1F)c1cccc(-c2cccnc2F)c1. The topological polar surface area (TPSA) is 42.0 Å². The second-order valence-electron chi connectivity index (χ2n) is 7.17. The minimum atomic E-state index is -0.526. The number of pyridine rings is 1. The lowest BCUT2D eigenvalue weighted by molar-refractivity contribution is -0.123. The number of rotatable bonds is 5. The Hall–Kier alpha value is -3.08. The second kappa shape index (κ2) is 7.50. The van der Waals surface area contributed by atoms with E-state index < -0.39 is 5.95 Å². The summed E-state index contributed by atoms with van der Waals surface area (Å²) in [6.07, 6.45) is 2.06. The number of amides is 1. The van der Waals surface area contributed by atoms with Crippen LogP contribution in [-0.4, -0.2) is 10.9 Å². The summed E-state index contributed by atoms with van der Waals surface area (Å²) in [5, 5.41) is 3.00. The molecule has 3 atom stereocenters. The number of halogens is 2. The van der Waals surface area contributed by atoms with Crippen LogP contribution in [0.2, 0.25) is 0 Å². The van der Waals surface area contributed by atoms with Gasteiger partial charge in [-0.2, -0.15) is 4.39 Å². The van der Waals surface area contributed by atoms with E-state index in [9.17, 15) is 13.6 Å². The van der Waals surface area contributed by atoms with Gasteiger partial charge in [0.1, 0.15) is 5.82 Å². The zero-order chi connectivity index (χ0) is 19.7. The molecule has 142 valence electrons. The third kappa shape index (κ3) is 3.65. The fourth-order valence-electron chi connectivity index (χ4n) is 3.58. The highest BCUT2D eigenvalue weighted by Gasteiger charge is 2.45. The molecule has 1 aromatic heterocycles. The van der Waals surface area contributed by atoms with Gasteiger partial charge in [-0.25, -0.2) is 9.37 Å². The molecule has 0 bridgehead atoms. The number of nitrogens with one attached hydrogen (secondary N) is 1. The van der Waals surface area contributed by atoms with Crippen molar-refractivity contribution in [2.75, 3.05) is 0 Å². The van der Waals surface area contributed by atoms with Crippen LogP contribution in [0.1, 0.15) is 36.4 Å². The van der Waals surface area contributed by atoms with Crippen molar-refractivity contribution in [3.05, 3.63) is 89.8 Å². The summed E-state index contributed by atoms with van der Waals surface area (Å²) in [6.45, 7) is 1.89. The zero-order valence-corrected chi connectivity index (χ0v) is 15.4. The Balaban J connectivity index is 1.45. The molecule has 3 aromatic rings. The summed E-state index contributed by atoms with van der Waals surface area (Å²) in [5.41, 5.74) is 2.60. The van der Waals surface area contributed by atoms with Crippen molar-refractivity contribution < 1.29 is 13.6 Å². The molecule has 1 saturated carbocycles. The molecule has 1 amide bonds. The number of benzene rings is 2. The molecule has 2 unspecified atom stereocenters. The number of hydrogen-bond donors (Lipinski definition) is 1. The summed E-state index contributed by atoms with van der Waals surface area (Å²) < 4.78 is 27.9. The average Bonchev–Trinajstić information content (AvgIpc) is 3.49. The maximum absolute atomic E-state index is 14.0. The lowest BCUT2D eigenvalue weighted by Gasteiger charge is -2.16. The van der Waals surface area contributed by atoms with E-state index in [1.54, 1.807) is 30.3 Å². The van der Waals surface area contributed by atoms with E-state index >= 15 is 0 Å². The van der Waals surface area contributed by atoms with Crippen LogP contribution in [0.4, 0.5) is 8.78 Å². The van der Waals surface area contributed by atoms with E-state index in [2.05, 4.69) is 10.3 Å². The van der Waals surface area contributed by atoms with Gasteiger partial charge in [-0.3, -0.25) is 4.79 Å². The van der Waals surface area contributed by atoms with E-state index in [4.69, 9.17) is 0 Å². The van der Waals surface area contributed by atoms with Crippen molar-refractivity contribution in [2.45, 2.75) is 25.3 Å². The van der Waals surface area contributed by atoms with E-state index in [1.807, 2.05) is 31.2 Å². The molecule has 0 radical (unpaired) electrons. The number of carbonyl (C=O) groups excluding carboxylic acids is 1. The van der Waals surface area contributed by atoms with Gasteiger partial charge >= 0.3 is 0 Å².